The molecule has 0 saturated carbocycles. The minimum absolute atomic E-state index is 0.0335. The molecule has 5 nitrogen and oxygen atoms in total. The van der Waals surface area contributed by atoms with Gasteiger partial charge in [-0.05, 0) is 49.0 Å². The van der Waals surface area contributed by atoms with Crippen molar-refractivity contribution in [2.45, 2.75) is 13.0 Å². The first-order valence-corrected chi connectivity index (χ1v) is 10.1. The van der Waals surface area contributed by atoms with E-state index in [1.807, 2.05) is 73.5 Å². The van der Waals surface area contributed by atoms with Gasteiger partial charge in [0.15, 0.2) is 0 Å². The highest BCUT2D eigenvalue weighted by atomic mass is 16.1. The summed E-state index contributed by atoms with van der Waals surface area (Å²) in [6.45, 7) is 1.77. The maximum Gasteiger partial charge on any atom is 0.228 e. The van der Waals surface area contributed by atoms with Crippen LogP contribution in [0, 0.1) is 0 Å². The van der Waals surface area contributed by atoms with Crippen molar-refractivity contribution >= 4 is 22.5 Å². The van der Waals surface area contributed by atoms with Gasteiger partial charge >= 0.3 is 0 Å². The zero-order chi connectivity index (χ0) is 20.9. The van der Waals surface area contributed by atoms with Gasteiger partial charge in [-0.15, -0.1) is 0 Å². The molecule has 1 heterocycles. The third kappa shape index (κ3) is 4.93. The second kappa shape index (κ2) is 8.93. The molecule has 5 heteroatoms. The zero-order valence-corrected chi connectivity index (χ0v) is 17.4. The third-order valence-electron chi connectivity index (χ3n) is 5.04. The first-order valence-electron chi connectivity index (χ1n) is 10.1. The standard InChI is InChI=1S/C25H26N4O/c1-28(2)14-15-29-18-22-12-13-23(17-24(22)27-29)26-25(30)16-19-8-10-21(11-9-19)20-6-4-3-5-7-20/h3-13,17-18H,14-16H2,1-2H3,(H,26,30). The Balaban J connectivity index is 1.39. The maximum atomic E-state index is 12.5. The number of anilines is 1. The minimum Gasteiger partial charge on any atom is -0.326 e. The molecule has 0 atom stereocenters. The summed E-state index contributed by atoms with van der Waals surface area (Å²) in [5.41, 5.74) is 4.97. The Morgan fingerprint density at radius 2 is 1.70 bits per heavy atom. The topological polar surface area (TPSA) is 50.2 Å². The fourth-order valence-electron chi connectivity index (χ4n) is 3.40. The van der Waals surface area contributed by atoms with Crippen LogP contribution in [0.3, 0.4) is 0 Å². The van der Waals surface area contributed by atoms with Crippen molar-refractivity contribution in [1.82, 2.24) is 14.7 Å². The van der Waals surface area contributed by atoms with Crippen LogP contribution in [0.2, 0.25) is 0 Å². The lowest BCUT2D eigenvalue weighted by Gasteiger charge is -2.08. The average molecular weight is 399 g/mol. The molecule has 152 valence electrons. The predicted molar refractivity (Wildman–Crippen MR) is 122 cm³/mol. The summed E-state index contributed by atoms with van der Waals surface area (Å²) in [5, 5.41) is 8.68. The lowest BCUT2D eigenvalue weighted by molar-refractivity contribution is -0.115. The average Bonchev–Trinajstić information content (AvgIpc) is 3.15. The van der Waals surface area contributed by atoms with E-state index in [0.717, 1.165) is 40.8 Å². The van der Waals surface area contributed by atoms with E-state index in [4.69, 9.17) is 0 Å². The van der Waals surface area contributed by atoms with Crippen LogP contribution in [0.4, 0.5) is 5.69 Å². The lowest BCUT2D eigenvalue weighted by Crippen LogP contribution is -2.18. The fraction of sp³-hybridized carbons (Fsp3) is 0.200. The van der Waals surface area contributed by atoms with Crippen molar-refractivity contribution in [2.75, 3.05) is 26.0 Å². The lowest BCUT2D eigenvalue weighted by atomic mass is 10.0. The molecule has 0 aliphatic heterocycles. The molecule has 0 spiro atoms. The maximum absolute atomic E-state index is 12.5. The number of amides is 1. The molecule has 3 aromatic carbocycles. The quantitative estimate of drug-likeness (QED) is 0.500. The van der Waals surface area contributed by atoms with Gasteiger partial charge in [-0.1, -0.05) is 54.6 Å². The van der Waals surface area contributed by atoms with Crippen molar-refractivity contribution in [1.29, 1.82) is 0 Å². The number of likely N-dealkylation sites (N-methyl/N-ethyl adjacent to an activating group) is 1. The largest absolute Gasteiger partial charge is 0.326 e. The summed E-state index contributed by atoms with van der Waals surface area (Å²) in [6.07, 6.45) is 2.38. The van der Waals surface area contributed by atoms with Gasteiger partial charge in [0.05, 0.1) is 18.5 Å². The van der Waals surface area contributed by atoms with E-state index in [1.165, 1.54) is 5.56 Å². The number of nitrogens with zero attached hydrogens (tertiary/aromatic N) is 3. The van der Waals surface area contributed by atoms with Crippen molar-refractivity contribution in [2.24, 2.45) is 0 Å². The highest BCUT2D eigenvalue weighted by Gasteiger charge is 2.07. The van der Waals surface area contributed by atoms with Gasteiger partial charge in [-0.25, -0.2) is 0 Å². The number of nitrogens with one attached hydrogen (secondary N) is 1. The monoisotopic (exact) mass is 398 g/mol. The van der Waals surface area contributed by atoms with Crippen LogP contribution in [0.15, 0.2) is 79.0 Å². The first kappa shape index (κ1) is 19.9. The van der Waals surface area contributed by atoms with Gasteiger partial charge in [0.25, 0.3) is 0 Å². The van der Waals surface area contributed by atoms with Crippen LogP contribution < -0.4 is 5.32 Å². The van der Waals surface area contributed by atoms with Gasteiger partial charge < -0.3 is 10.2 Å². The van der Waals surface area contributed by atoms with Crippen LogP contribution in [0.1, 0.15) is 5.56 Å². The molecule has 30 heavy (non-hydrogen) atoms. The van der Waals surface area contributed by atoms with Crippen molar-refractivity contribution < 1.29 is 4.79 Å². The molecular weight excluding hydrogens is 372 g/mol. The second-order valence-electron chi connectivity index (χ2n) is 7.76. The fourth-order valence-corrected chi connectivity index (χ4v) is 3.40. The molecule has 0 aliphatic rings. The Morgan fingerprint density at radius 1 is 0.967 bits per heavy atom. The van der Waals surface area contributed by atoms with Crippen LogP contribution in [0.25, 0.3) is 22.0 Å². The van der Waals surface area contributed by atoms with Gasteiger partial charge in [0.2, 0.25) is 5.91 Å². The highest BCUT2D eigenvalue weighted by molar-refractivity contribution is 5.94. The van der Waals surface area contributed by atoms with E-state index in [2.05, 4.69) is 39.6 Å². The molecule has 1 N–H and O–H groups in total. The number of carbonyl (C=O) groups is 1. The highest BCUT2D eigenvalue weighted by Crippen LogP contribution is 2.20. The number of carbonyl (C=O) groups excluding carboxylic acids is 1. The van der Waals surface area contributed by atoms with Crippen LogP contribution in [-0.4, -0.2) is 41.2 Å². The molecule has 0 unspecified atom stereocenters. The number of hydrogen-bond donors (Lipinski definition) is 1. The summed E-state index contributed by atoms with van der Waals surface area (Å²) in [6, 6.07) is 24.2. The number of hydrogen-bond acceptors (Lipinski definition) is 3. The molecule has 4 rings (SSSR count). The molecule has 1 aromatic heterocycles. The number of benzene rings is 3. The summed E-state index contributed by atoms with van der Waals surface area (Å²) in [4.78, 5) is 14.6. The molecule has 0 aliphatic carbocycles. The molecular formula is C25H26N4O. The predicted octanol–water partition coefficient (Wildman–Crippen LogP) is 4.45. The number of fused-ring (bicyclic) bond motifs is 1. The van der Waals surface area contributed by atoms with E-state index in [-0.39, 0.29) is 5.91 Å². The summed E-state index contributed by atoms with van der Waals surface area (Å²) in [5.74, 6) is -0.0335. The second-order valence-corrected chi connectivity index (χ2v) is 7.76. The Hall–Kier alpha value is -3.44. The Kier molecular flexibility index (Phi) is 5.91. The third-order valence-corrected chi connectivity index (χ3v) is 5.04. The van der Waals surface area contributed by atoms with Crippen molar-refractivity contribution in [3.05, 3.63) is 84.6 Å². The Morgan fingerprint density at radius 3 is 2.43 bits per heavy atom. The van der Waals surface area contributed by atoms with Gasteiger partial charge in [-0.2, -0.15) is 5.10 Å². The summed E-state index contributed by atoms with van der Waals surface area (Å²) < 4.78 is 1.95. The first-order chi connectivity index (χ1) is 14.6. The molecule has 0 bridgehead atoms. The summed E-state index contributed by atoms with van der Waals surface area (Å²) in [7, 11) is 4.10. The molecule has 4 aromatic rings. The Bertz CT molecular complexity index is 1130. The van der Waals surface area contributed by atoms with Gasteiger partial charge in [0, 0.05) is 23.8 Å². The zero-order valence-electron chi connectivity index (χ0n) is 17.4. The van der Waals surface area contributed by atoms with E-state index in [0.29, 0.717) is 6.42 Å². The van der Waals surface area contributed by atoms with E-state index < -0.39 is 0 Å². The number of rotatable bonds is 7. The molecule has 0 radical (unpaired) electrons. The Labute approximate surface area is 176 Å². The van der Waals surface area contributed by atoms with Crippen molar-refractivity contribution in [3.8, 4) is 11.1 Å². The molecule has 1 amide bonds. The van der Waals surface area contributed by atoms with Gasteiger partial charge in [-0.3, -0.25) is 9.48 Å². The minimum atomic E-state index is -0.0335. The van der Waals surface area contributed by atoms with Crippen molar-refractivity contribution in [3.63, 3.8) is 0 Å². The molecule has 0 fully saturated rings. The van der Waals surface area contributed by atoms with Crippen LogP contribution in [0.5, 0.6) is 0 Å². The van der Waals surface area contributed by atoms with Gasteiger partial charge in [0.1, 0.15) is 0 Å². The SMILES string of the molecule is CN(C)CCn1cc2ccc(NC(=O)Cc3ccc(-c4ccccc4)cc3)cc2n1. The van der Waals surface area contributed by atoms with E-state index >= 15 is 0 Å². The molecule has 0 saturated heterocycles. The number of aromatic nitrogens is 2. The summed E-state index contributed by atoms with van der Waals surface area (Å²) >= 11 is 0. The van der Waals surface area contributed by atoms with Crippen LogP contribution >= 0.6 is 0 Å². The smallest absolute Gasteiger partial charge is 0.228 e. The van der Waals surface area contributed by atoms with E-state index in [1.54, 1.807) is 0 Å². The van der Waals surface area contributed by atoms with E-state index in [9.17, 15) is 4.79 Å². The van der Waals surface area contributed by atoms with Crippen LogP contribution in [-0.2, 0) is 17.8 Å². The normalized spacial score (nSPS) is 11.2.